The van der Waals surface area contributed by atoms with Gasteiger partial charge in [-0.3, -0.25) is 0 Å². The minimum absolute atomic E-state index is 0.247. The minimum atomic E-state index is -0.247. The standard InChI is InChI=1S/C10H10FN3S/c11-8-3-1-7(2-4-8)9-5-6-14(13-9)10(12)15/h1-4H,5-6H2,(H2,12,15). The molecule has 1 aliphatic heterocycles. The van der Waals surface area contributed by atoms with Gasteiger partial charge in [-0.1, -0.05) is 12.1 Å². The van der Waals surface area contributed by atoms with Gasteiger partial charge in [-0.25, -0.2) is 9.40 Å². The Hall–Kier alpha value is -1.49. The molecule has 0 radical (unpaired) electrons. The molecule has 0 aliphatic carbocycles. The van der Waals surface area contributed by atoms with Crippen molar-refractivity contribution in [3.8, 4) is 0 Å². The molecule has 1 aromatic carbocycles. The number of hydrogen-bond donors (Lipinski definition) is 1. The first-order valence-electron chi connectivity index (χ1n) is 4.57. The van der Waals surface area contributed by atoms with Crippen molar-refractivity contribution in [2.75, 3.05) is 6.54 Å². The molecule has 15 heavy (non-hydrogen) atoms. The van der Waals surface area contributed by atoms with E-state index in [-0.39, 0.29) is 10.9 Å². The van der Waals surface area contributed by atoms with E-state index < -0.39 is 0 Å². The number of nitrogens with zero attached hydrogens (tertiary/aromatic N) is 2. The van der Waals surface area contributed by atoms with Crippen molar-refractivity contribution in [2.45, 2.75) is 6.42 Å². The number of hydrazone groups is 1. The molecule has 0 saturated heterocycles. The smallest absolute Gasteiger partial charge is 0.186 e. The molecule has 0 aromatic heterocycles. The van der Waals surface area contributed by atoms with Gasteiger partial charge >= 0.3 is 0 Å². The Morgan fingerprint density at radius 2 is 2.07 bits per heavy atom. The van der Waals surface area contributed by atoms with E-state index in [1.54, 1.807) is 17.1 Å². The predicted molar refractivity (Wildman–Crippen MR) is 61.0 cm³/mol. The molecule has 0 amide bonds. The van der Waals surface area contributed by atoms with Gasteiger partial charge < -0.3 is 5.73 Å². The molecule has 3 nitrogen and oxygen atoms in total. The summed E-state index contributed by atoms with van der Waals surface area (Å²) in [4.78, 5) is 0. The van der Waals surface area contributed by atoms with Crippen LogP contribution in [0.5, 0.6) is 0 Å². The fraction of sp³-hybridized carbons (Fsp3) is 0.200. The Bertz CT molecular complexity index is 413. The second-order valence-electron chi connectivity index (χ2n) is 3.26. The van der Waals surface area contributed by atoms with E-state index in [0.717, 1.165) is 17.7 Å². The summed E-state index contributed by atoms with van der Waals surface area (Å²) in [6.07, 6.45) is 0.781. The van der Waals surface area contributed by atoms with Crippen molar-refractivity contribution in [1.82, 2.24) is 5.01 Å². The highest BCUT2D eigenvalue weighted by molar-refractivity contribution is 7.80. The van der Waals surface area contributed by atoms with E-state index in [1.165, 1.54) is 12.1 Å². The molecule has 0 atom stereocenters. The SMILES string of the molecule is NC(=S)N1CCC(c2ccc(F)cc2)=N1. The highest BCUT2D eigenvalue weighted by Gasteiger charge is 2.17. The Morgan fingerprint density at radius 1 is 1.40 bits per heavy atom. The van der Waals surface area contributed by atoms with E-state index in [1.807, 2.05) is 0 Å². The Morgan fingerprint density at radius 3 is 2.60 bits per heavy atom. The van der Waals surface area contributed by atoms with Crippen LogP contribution in [-0.2, 0) is 0 Å². The van der Waals surface area contributed by atoms with Crippen LogP contribution in [0, 0.1) is 5.82 Å². The van der Waals surface area contributed by atoms with Crippen molar-refractivity contribution in [3.05, 3.63) is 35.6 Å². The molecule has 0 spiro atoms. The lowest BCUT2D eigenvalue weighted by atomic mass is 10.1. The molecule has 78 valence electrons. The minimum Gasteiger partial charge on any atom is -0.375 e. The lowest BCUT2D eigenvalue weighted by molar-refractivity contribution is 0.495. The zero-order valence-electron chi connectivity index (χ0n) is 7.98. The van der Waals surface area contributed by atoms with Gasteiger partial charge in [0.15, 0.2) is 5.11 Å². The lowest BCUT2D eigenvalue weighted by Crippen LogP contribution is -2.28. The molecule has 2 rings (SSSR count). The van der Waals surface area contributed by atoms with Gasteiger partial charge in [-0.15, -0.1) is 0 Å². The van der Waals surface area contributed by atoms with Crippen molar-refractivity contribution in [3.63, 3.8) is 0 Å². The average molecular weight is 223 g/mol. The number of rotatable bonds is 1. The molecular formula is C10H10FN3S. The zero-order valence-corrected chi connectivity index (χ0v) is 8.80. The maximum absolute atomic E-state index is 12.7. The van der Waals surface area contributed by atoms with E-state index in [0.29, 0.717) is 6.54 Å². The number of benzene rings is 1. The fourth-order valence-corrected chi connectivity index (χ4v) is 1.59. The number of nitrogens with two attached hydrogens (primary N) is 1. The molecule has 2 N–H and O–H groups in total. The highest BCUT2D eigenvalue weighted by atomic mass is 32.1. The summed E-state index contributed by atoms with van der Waals surface area (Å²) < 4.78 is 12.7. The zero-order chi connectivity index (χ0) is 10.8. The molecule has 5 heteroatoms. The third kappa shape index (κ3) is 2.12. The van der Waals surface area contributed by atoms with Crippen LogP contribution in [0.3, 0.4) is 0 Å². The number of thiocarbonyl (C=S) groups is 1. The largest absolute Gasteiger partial charge is 0.375 e. The van der Waals surface area contributed by atoms with Gasteiger partial charge in [0.1, 0.15) is 5.82 Å². The van der Waals surface area contributed by atoms with Crippen molar-refractivity contribution >= 4 is 23.0 Å². The van der Waals surface area contributed by atoms with Crippen LogP contribution in [0.4, 0.5) is 4.39 Å². The van der Waals surface area contributed by atoms with Gasteiger partial charge in [0.25, 0.3) is 0 Å². The van der Waals surface area contributed by atoms with E-state index in [2.05, 4.69) is 5.10 Å². The molecule has 0 saturated carbocycles. The van der Waals surface area contributed by atoms with E-state index in [4.69, 9.17) is 18.0 Å². The topological polar surface area (TPSA) is 41.6 Å². The number of halogens is 1. The quantitative estimate of drug-likeness (QED) is 0.733. The average Bonchev–Trinajstić information content (AvgIpc) is 2.68. The van der Waals surface area contributed by atoms with Crippen LogP contribution in [-0.4, -0.2) is 22.4 Å². The Kier molecular flexibility index (Phi) is 2.64. The van der Waals surface area contributed by atoms with Crippen molar-refractivity contribution in [2.24, 2.45) is 10.8 Å². The van der Waals surface area contributed by atoms with Crippen LogP contribution in [0.2, 0.25) is 0 Å². The maximum Gasteiger partial charge on any atom is 0.186 e. The van der Waals surface area contributed by atoms with Crippen LogP contribution < -0.4 is 5.73 Å². The van der Waals surface area contributed by atoms with Gasteiger partial charge in [-0.2, -0.15) is 5.10 Å². The summed E-state index contributed by atoms with van der Waals surface area (Å²) in [5.74, 6) is -0.247. The van der Waals surface area contributed by atoms with Gasteiger partial charge in [0.2, 0.25) is 0 Å². The van der Waals surface area contributed by atoms with E-state index in [9.17, 15) is 4.39 Å². The van der Waals surface area contributed by atoms with Crippen molar-refractivity contribution in [1.29, 1.82) is 0 Å². The summed E-state index contributed by atoms with van der Waals surface area (Å²) in [5.41, 5.74) is 7.26. The monoisotopic (exact) mass is 223 g/mol. The molecule has 1 heterocycles. The molecule has 0 fully saturated rings. The third-order valence-corrected chi connectivity index (χ3v) is 2.44. The van der Waals surface area contributed by atoms with Gasteiger partial charge in [0, 0.05) is 13.0 Å². The lowest BCUT2D eigenvalue weighted by Gasteiger charge is -2.08. The maximum atomic E-state index is 12.7. The predicted octanol–water partition coefficient (Wildman–Crippen LogP) is 1.48. The summed E-state index contributed by atoms with van der Waals surface area (Å²) in [6.45, 7) is 0.696. The first kappa shape index (κ1) is 10.0. The molecular weight excluding hydrogens is 213 g/mol. The molecule has 0 unspecified atom stereocenters. The van der Waals surface area contributed by atoms with Gasteiger partial charge in [0.05, 0.1) is 5.71 Å². The fourth-order valence-electron chi connectivity index (χ4n) is 1.46. The molecule has 1 aromatic rings. The van der Waals surface area contributed by atoms with Crippen LogP contribution in [0.25, 0.3) is 0 Å². The summed E-state index contributed by atoms with van der Waals surface area (Å²) in [7, 11) is 0. The molecule has 0 bridgehead atoms. The first-order valence-corrected chi connectivity index (χ1v) is 4.98. The summed E-state index contributed by atoms with van der Waals surface area (Å²) in [6, 6.07) is 6.25. The second kappa shape index (κ2) is 3.94. The summed E-state index contributed by atoms with van der Waals surface area (Å²) in [5, 5.41) is 6.10. The first-order chi connectivity index (χ1) is 7.16. The number of hydrogen-bond acceptors (Lipinski definition) is 2. The Balaban J connectivity index is 2.22. The van der Waals surface area contributed by atoms with Crippen LogP contribution in [0.15, 0.2) is 29.4 Å². The highest BCUT2D eigenvalue weighted by Crippen LogP contribution is 2.13. The van der Waals surface area contributed by atoms with E-state index >= 15 is 0 Å². The Labute approximate surface area is 92.4 Å². The molecule has 1 aliphatic rings. The van der Waals surface area contributed by atoms with Crippen molar-refractivity contribution < 1.29 is 4.39 Å². The summed E-state index contributed by atoms with van der Waals surface area (Å²) >= 11 is 4.82. The van der Waals surface area contributed by atoms with Crippen LogP contribution in [0.1, 0.15) is 12.0 Å². The van der Waals surface area contributed by atoms with Gasteiger partial charge in [-0.05, 0) is 29.9 Å². The third-order valence-electron chi connectivity index (χ3n) is 2.23. The normalized spacial score (nSPS) is 15.3. The second-order valence-corrected chi connectivity index (χ2v) is 3.68. The van der Waals surface area contributed by atoms with Crippen LogP contribution >= 0.6 is 12.2 Å².